The minimum absolute atomic E-state index is 0.203. The predicted octanol–water partition coefficient (Wildman–Crippen LogP) is 6.21. The third-order valence-corrected chi connectivity index (χ3v) is 5.24. The Morgan fingerprint density at radius 3 is 2.52 bits per heavy atom. The second-order valence-corrected chi connectivity index (χ2v) is 7.51. The molecule has 170 valence electrons. The molecule has 6 heteroatoms. The van der Waals surface area contributed by atoms with Crippen LogP contribution in [0.2, 0.25) is 0 Å². The predicted molar refractivity (Wildman–Crippen MR) is 128 cm³/mol. The van der Waals surface area contributed by atoms with Gasteiger partial charge in [-0.1, -0.05) is 12.1 Å². The summed E-state index contributed by atoms with van der Waals surface area (Å²) in [5.41, 5.74) is 4.33. The van der Waals surface area contributed by atoms with Crippen LogP contribution in [0, 0.1) is 0 Å². The standard InChI is InChI=1S/C27H27NO5/c1-4-30-20-10-8-19(9-11-20)24-17-33-26-15-25(31-5-2)22(14-23(24)26)18(3)13-27(29)28-16-21-7-6-12-32-21/h6-15,17H,4-5,16H2,1-3H3,(H,28,29)/b18-13+. The Morgan fingerprint density at radius 2 is 1.82 bits per heavy atom. The van der Waals surface area contributed by atoms with E-state index in [1.807, 2.05) is 63.2 Å². The van der Waals surface area contributed by atoms with Gasteiger partial charge in [-0.25, -0.2) is 0 Å². The summed E-state index contributed by atoms with van der Waals surface area (Å²) in [6.07, 6.45) is 4.90. The second kappa shape index (κ2) is 10.1. The molecule has 1 amide bonds. The molecule has 0 saturated carbocycles. The van der Waals surface area contributed by atoms with Gasteiger partial charge < -0.3 is 23.6 Å². The zero-order chi connectivity index (χ0) is 23.2. The Labute approximate surface area is 192 Å². The highest BCUT2D eigenvalue weighted by atomic mass is 16.5. The van der Waals surface area contributed by atoms with E-state index in [0.29, 0.717) is 31.3 Å². The lowest BCUT2D eigenvalue weighted by Gasteiger charge is -2.12. The van der Waals surface area contributed by atoms with Crippen LogP contribution >= 0.6 is 0 Å². The summed E-state index contributed by atoms with van der Waals surface area (Å²) >= 11 is 0. The molecule has 2 aromatic heterocycles. The van der Waals surface area contributed by atoms with Crippen molar-refractivity contribution in [1.29, 1.82) is 0 Å². The van der Waals surface area contributed by atoms with E-state index in [-0.39, 0.29) is 5.91 Å². The highest BCUT2D eigenvalue weighted by molar-refractivity contribution is 6.00. The van der Waals surface area contributed by atoms with E-state index in [1.54, 1.807) is 24.7 Å². The third kappa shape index (κ3) is 5.12. The molecule has 4 aromatic rings. The summed E-state index contributed by atoms with van der Waals surface area (Å²) in [6.45, 7) is 7.24. The van der Waals surface area contributed by atoms with Crippen LogP contribution in [0.15, 0.2) is 76.0 Å². The van der Waals surface area contributed by atoms with E-state index in [4.69, 9.17) is 18.3 Å². The van der Waals surface area contributed by atoms with Crippen molar-refractivity contribution in [3.63, 3.8) is 0 Å². The molecular weight excluding hydrogens is 418 g/mol. The Hall–Kier alpha value is -3.93. The van der Waals surface area contributed by atoms with E-state index in [2.05, 4.69) is 5.32 Å². The number of hydrogen-bond donors (Lipinski definition) is 1. The minimum Gasteiger partial charge on any atom is -0.494 e. The summed E-state index contributed by atoms with van der Waals surface area (Å²) in [6, 6.07) is 15.4. The number of nitrogens with one attached hydrogen (secondary N) is 1. The topological polar surface area (TPSA) is 73.8 Å². The number of furan rings is 2. The number of ether oxygens (including phenoxy) is 2. The van der Waals surface area contributed by atoms with E-state index < -0.39 is 0 Å². The minimum atomic E-state index is -0.203. The molecule has 6 nitrogen and oxygen atoms in total. The zero-order valence-electron chi connectivity index (χ0n) is 19.0. The van der Waals surface area contributed by atoms with Crippen LogP contribution in [0.3, 0.4) is 0 Å². The smallest absolute Gasteiger partial charge is 0.244 e. The third-order valence-electron chi connectivity index (χ3n) is 5.24. The Balaban J connectivity index is 1.66. The maximum atomic E-state index is 12.5. The maximum absolute atomic E-state index is 12.5. The summed E-state index contributed by atoms with van der Waals surface area (Å²) in [7, 11) is 0. The van der Waals surface area contributed by atoms with Crippen molar-refractivity contribution in [1.82, 2.24) is 5.32 Å². The average Bonchev–Trinajstić information content (AvgIpc) is 3.48. The number of benzene rings is 2. The molecule has 2 aromatic carbocycles. The number of allylic oxidation sites excluding steroid dienone is 1. The van der Waals surface area contributed by atoms with Gasteiger partial charge in [0, 0.05) is 28.7 Å². The molecule has 0 atom stereocenters. The fraction of sp³-hybridized carbons (Fsp3) is 0.222. The van der Waals surface area contributed by atoms with Gasteiger partial charge in [0.25, 0.3) is 0 Å². The molecule has 0 spiro atoms. The van der Waals surface area contributed by atoms with Gasteiger partial charge in [0.15, 0.2) is 0 Å². The van der Waals surface area contributed by atoms with E-state index in [0.717, 1.165) is 39.0 Å². The number of hydrogen-bond acceptors (Lipinski definition) is 5. The fourth-order valence-electron chi connectivity index (χ4n) is 3.67. The van der Waals surface area contributed by atoms with E-state index >= 15 is 0 Å². The lowest BCUT2D eigenvalue weighted by Crippen LogP contribution is -2.20. The first kappa shape index (κ1) is 22.3. The van der Waals surface area contributed by atoms with Crippen molar-refractivity contribution in [2.45, 2.75) is 27.3 Å². The molecule has 0 aliphatic heterocycles. The lowest BCUT2D eigenvalue weighted by atomic mass is 9.99. The molecule has 0 radical (unpaired) electrons. The lowest BCUT2D eigenvalue weighted by molar-refractivity contribution is -0.116. The summed E-state index contributed by atoms with van der Waals surface area (Å²) < 4.78 is 22.5. The van der Waals surface area contributed by atoms with Crippen LogP contribution in [0.5, 0.6) is 11.5 Å². The largest absolute Gasteiger partial charge is 0.494 e. The first-order chi connectivity index (χ1) is 16.1. The van der Waals surface area contributed by atoms with Gasteiger partial charge in [0.2, 0.25) is 5.91 Å². The van der Waals surface area contributed by atoms with Gasteiger partial charge >= 0.3 is 0 Å². The van der Waals surface area contributed by atoms with Crippen LogP contribution in [0.25, 0.3) is 27.7 Å². The van der Waals surface area contributed by atoms with Gasteiger partial charge in [-0.3, -0.25) is 4.79 Å². The SMILES string of the molecule is CCOc1ccc(-c2coc3cc(OCC)c(/C(C)=C/C(=O)NCc4ccco4)cc23)cc1. The van der Waals surface area contributed by atoms with Gasteiger partial charge in [-0.05, 0) is 62.2 Å². The second-order valence-electron chi connectivity index (χ2n) is 7.51. The molecule has 0 aliphatic carbocycles. The number of rotatable bonds is 9. The molecule has 1 N–H and O–H groups in total. The fourth-order valence-corrected chi connectivity index (χ4v) is 3.67. The van der Waals surface area contributed by atoms with Crippen LogP contribution in [-0.4, -0.2) is 19.1 Å². The van der Waals surface area contributed by atoms with E-state index in [9.17, 15) is 4.79 Å². The Bertz CT molecular complexity index is 1250. The molecule has 0 aliphatic rings. The molecule has 4 rings (SSSR count). The monoisotopic (exact) mass is 445 g/mol. The molecular formula is C27H27NO5. The van der Waals surface area contributed by atoms with Crippen molar-refractivity contribution in [2.75, 3.05) is 13.2 Å². The highest BCUT2D eigenvalue weighted by Gasteiger charge is 2.15. The number of carbonyl (C=O) groups excluding carboxylic acids is 1. The molecule has 0 saturated heterocycles. The maximum Gasteiger partial charge on any atom is 0.244 e. The normalized spacial score (nSPS) is 11.5. The molecule has 0 unspecified atom stereocenters. The van der Waals surface area contributed by atoms with E-state index in [1.165, 1.54) is 0 Å². The Kier molecular flexibility index (Phi) is 6.83. The number of amides is 1. The summed E-state index contributed by atoms with van der Waals surface area (Å²) in [5, 5.41) is 3.79. The zero-order valence-corrected chi connectivity index (χ0v) is 19.0. The van der Waals surface area contributed by atoms with Crippen LogP contribution in [0.4, 0.5) is 0 Å². The van der Waals surface area contributed by atoms with Crippen molar-refractivity contribution in [2.24, 2.45) is 0 Å². The van der Waals surface area contributed by atoms with Crippen LogP contribution in [0.1, 0.15) is 32.1 Å². The van der Waals surface area contributed by atoms with Crippen molar-refractivity contribution in [3.05, 3.63) is 78.5 Å². The first-order valence-corrected chi connectivity index (χ1v) is 11.0. The summed E-state index contributed by atoms with van der Waals surface area (Å²) in [5.74, 6) is 1.99. The van der Waals surface area contributed by atoms with Crippen LogP contribution in [-0.2, 0) is 11.3 Å². The molecule has 0 bridgehead atoms. The average molecular weight is 446 g/mol. The quantitative estimate of drug-likeness (QED) is 0.310. The molecule has 33 heavy (non-hydrogen) atoms. The van der Waals surface area contributed by atoms with Gasteiger partial charge in [0.05, 0.1) is 32.3 Å². The van der Waals surface area contributed by atoms with Gasteiger partial charge in [-0.2, -0.15) is 0 Å². The van der Waals surface area contributed by atoms with Gasteiger partial charge in [0.1, 0.15) is 22.8 Å². The highest BCUT2D eigenvalue weighted by Crippen LogP contribution is 2.38. The summed E-state index contributed by atoms with van der Waals surface area (Å²) in [4.78, 5) is 12.5. The van der Waals surface area contributed by atoms with Crippen LogP contribution < -0.4 is 14.8 Å². The molecule has 2 heterocycles. The first-order valence-electron chi connectivity index (χ1n) is 11.0. The van der Waals surface area contributed by atoms with Crippen molar-refractivity contribution >= 4 is 22.4 Å². The number of carbonyl (C=O) groups is 1. The van der Waals surface area contributed by atoms with Crippen molar-refractivity contribution < 1.29 is 23.1 Å². The Morgan fingerprint density at radius 1 is 1.03 bits per heavy atom. The van der Waals surface area contributed by atoms with Gasteiger partial charge in [-0.15, -0.1) is 0 Å². The number of fused-ring (bicyclic) bond motifs is 1. The molecule has 0 fully saturated rings. The van der Waals surface area contributed by atoms with Crippen molar-refractivity contribution in [3.8, 4) is 22.6 Å².